The van der Waals surface area contributed by atoms with Gasteiger partial charge in [-0.3, -0.25) is 14.5 Å². The number of aryl methyl sites for hydroxylation is 1. The minimum absolute atomic E-state index is 0.00540. The number of amides is 2. The van der Waals surface area contributed by atoms with E-state index in [1.54, 1.807) is 21.9 Å². The fraction of sp³-hybridized carbons (Fsp3) is 0.261. The molecule has 6 nitrogen and oxygen atoms in total. The number of hydrogen-bond donors (Lipinski definition) is 0. The average molecular weight is 455 g/mol. The van der Waals surface area contributed by atoms with Crippen molar-refractivity contribution in [2.45, 2.75) is 6.92 Å². The van der Waals surface area contributed by atoms with Gasteiger partial charge in [-0.1, -0.05) is 53.8 Å². The van der Waals surface area contributed by atoms with Gasteiger partial charge in [-0.05, 0) is 42.8 Å². The molecule has 0 unspecified atom stereocenters. The SMILES string of the molecule is Cc1ccc(N2C(=O)/C(=C/c3ccc(OCC(=O)N4CCOCC4)cc3)SC2=S)cc1. The number of anilines is 1. The first-order valence-corrected chi connectivity index (χ1v) is 11.2. The Morgan fingerprint density at radius 2 is 1.81 bits per heavy atom. The van der Waals surface area contributed by atoms with Crippen LogP contribution in [0.1, 0.15) is 11.1 Å². The minimum atomic E-state index is -0.129. The molecule has 0 spiro atoms. The first-order chi connectivity index (χ1) is 15.0. The molecule has 0 saturated carbocycles. The second-order valence-electron chi connectivity index (χ2n) is 7.20. The molecule has 2 aromatic carbocycles. The monoisotopic (exact) mass is 454 g/mol. The number of ether oxygens (including phenoxy) is 2. The number of thiocarbonyl (C=S) groups is 1. The highest BCUT2D eigenvalue weighted by Crippen LogP contribution is 2.36. The Morgan fingerprint density at radius 3 is 2.48 bits per heavy atom. The van der Waals surface area contributed by atoms with E-state index < -0.39 is 0 Å². The highest BCUT2D eigenvalue weighted by Gasteiger charge is 2.33. The van der Waals surface area contributed by atoms with Crippen LogP contribution in [0, 0.1) is 6.92 Å². The molecule has 0 aromatic heterocycles. The van der Waals surface area contributed by atoms with E-state index in [0.717, 1.165) is 16.8 Å². The minimum Gasteiger partial charge on any atom is -0.484 e. The number of rotatable bonds is 5. The van der Waals surface area contributed by atoms with Crippen LogP contribution in [0.5, 0.6) is 5.75 Å². The quantitative estimate of drug-likeness (QED) is 0.508. The van der Waals surface area contributed by atoms with Gasteiger partial charge >= 0.3 is 0 Å². The van der Waals surface area contributed by atoms with Crippen LogP contribution in [0.25, 0.3) is 6.08 Å². The summed E-state index contributed by atoms with van der Waals surface area (Å²) in [5, 5.41) is 0. The summed E-state index contributed by atoms with van der Waals surface area (Å²) in [5.41, 5.74) is 2.75. The maximum Gasteiger partial charge on any atom is 0.270 e. The second kappa shape index (κ2) is 9.64. The highest BCUT2D eigenvalue weighted by atomic mass is 32.2. The maximum absolute atomic E-state index is 12.9. The van der Waals surface area contributed by atoms with E-state index in [9.17, 15) is 9.59 Å². The smallest absolute Gasteiger partial charge is 0.270 e. The zero-order valence-corrected chi connectivity index (χ0v) is 18.7. The predicted octanol–water partition coefficient (Wildman–Crippen LogP) is 3.64. The summed E-state index contributed by atoms with van der Waals surface area (Å²) in [6.45, 7) is 4.32. The number of thioether (sulfide) groups is 1. The Morgan fingerprint density at radius 1 is 1.13 bits per heavy atom. The summed E-state index contributed by atoms with van der Waals surface area (Å²) in [4.78, 5) is 28.9. The Balaban J connectivity index is 1.38. The summed E-state index contributed by atoms with van der Waals surface area (Å²) >= 11 is 6.71. The zero-order chi connectivity index (χ0) is 21.8. The standard InChI is InChI=1S/C23H22N2O4S2/c1-16-2-6-18(7-3-16)25-22(27)20(31-23(25)30)14-17-4-8-19(9-5-17)29-15-21(26)24-10-12-28-13-11-24/h2-9,14H,10-13,15H2,1H3/b20-14-. The van der Waals surface area contributed by atoms with Crippen LogP contribution in [-0.2, 0) is 14.3 Å². The number of morpholine rings is 1. The van der Waals surface area contributed by atoms with E-state index in [0.29, 0.717) is 41.3 Å². The Labute approximate surface area is 190 Å². The molecule has 2 heterocycles. The van der Waals surface area contributed by atoms with E-state index in [1.807, 2.05) is 49.4 Å². The number of carbonyl (C=O) groups excluding carboxylic acids is 2. The van der Waals surface area contributed by atoms with Crippen LogP contribution in [0.3, 0.4) is 0 Å². The molecule has 2 aliphatic rings. The molecule has 8 heteroatoms. The lowest BCUT2D eigenvalue weighted by Crippen LogP contribution is -2.42. The summed E-state index contributed by atoms with van der Waals surface area (Å²) < 4.78 is 11.4. The first kappa shape index (κ1) is 21.5. The van der Waals surface area contributed by atoms with Crippen molar-refractivity contribution in [2.24, 2.45) is 0 Å². The van der Waals surface area contributed by atoms with Gasteiger partial charge in [0.05, 0.1) is 23.8 Å². The normalized spacial score (nSPS) is 18.0. The second-order valence-corrected chi connectivity index (χ2v) is 8.88. The zero-order valence-electron chi connectivity index (χ0n) is 17.1. The first-order valence-electron chi connectivity index (χ1n) is 9.94. The van der Waals surface area contributed by atoms with Crippen molar-refractivity contribution in [3.63, 3.8) is 0 Å². The van der Waals surface area contributed by atoms with Gasteiger partial charge in [-0.25, -0.2) is 0 Å². The lowest BCUT2D eigenvalue weighted by Gasteiger charge is -2.26. The van der Waals surface area contributed by atoms with Gasteiger partial charge in [-0.15, -0.1) is 0 Å². The summed E-state index contributed by atoms with van der Waals surface area (Å²) in [5.74, 6) is 0.424. The van der Waals surface area contributed by atoms with Crippen LogP contribution in [-0.4, -0.2) is 53.9 Å². The van der Waals surface area contributed by atoms with Crippen LogP contribution in [0.4, 0.5) is 5.69 Å². The van der Waals surface area contributed by atoms with Gasteiger partial charge in [0.1, 0.15) is 5.75 Å². The average Bonchev–Trinajstić information content (AvgIpc) is 3.07. The summed E-state index contributed by atoms with van der Waals surface area (Å²) in [7, 11) is 0. The molecule has 2 amide bonds. The fourth-order valence-corrected chi connectivity index (χ4v) is 4.54. The van der Waals surface area contributed by atoms with Crippen LogP contribution < -0.4 is 9.64 Å². The Bertz CT molecular complexity index is 1010. The van der Waals surface area contributed by atoms with Gasteiger partial charge in [0, 0.05) is 13.1 Å². The molecule has 2 saturated heterocycles. The van der Waals surface area contributed by atoms with Crippen molar-refractivity contribution in [2.75, 3.05) is 37.8 Å². The number of hydrogen-bond acceptors (Lipinski definition) is 6. The van der Waals surface area contributed by atoms with Crippen LogP contribution >= 0.6 is 24.0 Å². The third kappa shape index (κ3) is 5.15. The molecule has 2 fully saturated rings. The van der Waals surface area contributed by atoms with E-state index >= 15 is 0 Å². The van der Waals surface area contributed by atoms with Crippen LogP contribution in [0.2, 0.25) is 0 Å². The number of nitrogens with zero attached hydrogens (tertiary/aromatic N) is 2. The Hall–Kier alpha value is -2.68. The third-order valence-corrected chi connectivity index (χ3v) is 6.29. The molecular formula is C23H22N2O4S2. The van der Waals surface area contributed by atoms with Gasteiger partial charge in [0.15, 0.2) is 10.9 Å². The molecule has 0 N–H and O–H groups in total. The largest absolute Gasteiger partial charge is 0.484 e. The van der Waals surface area contributed by atoms with E-state index in [4.69, 9.17) is 21.7 Å². The van der Waals surface area contributed by atoms with Crippen molar-refractivity contribution in [3.05, 3.63) is 64.6 Å². The molecular weight excluding hydrogens is 432 g/mol. The topological polar surface area (TPSA) is 59.1 Å². The lowest BCUT2D eigenvalue weighted by molar-refractivity contribution is -0.137. The van der Waals surface area contributed by atoms with Crippen molar-refractivity contribution in [1.29, 1.82) is 0 Å². The molecule has 2 aliphatic heterocycles. The third-order valence-electron chi connectivity index (χ3n) is 4.99. The summed E-state index contributed by atoms with van der Waals surface area (Å²) in [6, 6.07) is 15.0. The van der Waals surface area contributed by atoms with E-state index in [-0.39, 0.29) is 18.4 Å². The molecule has 2 aromatic rings. The van der Waals surface area contributed by atoms with Gasteiger partial charge in [0.2, 0.25) is 0 Å². The molecule has 31 heavy (non-hydrogen) atoms. The molecule has 0 aliphatic carbocycles. The fourth-order valence-electron chi connectivity index (χ4n) is 3.24. The van der Waals surface area contributed by atoms with Crippen molar-refractivity contribution >= 4 is 51.9 Å². The molecule has 0 bridgehead atoms. The predicted molar refractivity (Wildman–Crippen MR) is 126 cm³/mol. The summed E-state index contributed by atoms with van der Waals surface area (Å²) in [6.07, 6.45) is 1.82. The lowest BCUT2D eigenvalue weighted by atomic mass is 10.2. The maximum atomic E-state index is 12.9. The highest BCUT2D eigenvalue weighted by molar-refractivity contribution is 8.27. The molecule has 0 radical (unpaired) electrons. The van der Waals surface area contributed by atoms with Gasteiger partial charge in [-0.2, -0.15) is 0 Å². The molecule has 4 rings (SSSR count). The van der Waals surface area contributed by atoms with E-state index in [1.165, 1.54) is 11.8 Å². The van der Waals surface area contributed by atoms with Crippen LogP contribution in [0.15, 0.2) is 53.4 Å². The number of carbonyl (C=O) groups is 2. The number of benzene rings is 2. The van der Waals surface area contributed by atoms with Crippen molar-refractivity contribution in [1.82, 2.24) is 4.90 Å². The van der Waals surface area contributed by atoms with Crippen molar-refractivity contribution < 1.29 is 19.1 Å². The molecule has 160 valence electrons. The van der Waals surface area contributed by atoms with Gasteiger partial charge < -0.3 is 14.4 Å². The molecule has 0 atom stereocenters. The van der Waals surface area contributed by atoms with Crippen molar-refractivity contribution in [3.8, 4) is 5.75 Å². The van der Waals surface area contributed by atoms with Gasteiger partial charge in [0.25, 0.3) is 11.8 Å². The van der Waals surface area contributed by atoms with E-state index in [2.05, 4.69) is 0 Å². The Kier molecular flexibility index (Phi) is 6.70.